The molecule has 0 aliphatic heterocycles. The third-order valence-corrected chi connectivity index (χ3v) is 3.70. The van der Waals surface area contributed by atoms with E-state index >= 15 is 0 Å². The lowest BCUT2D eigenvalue weighted by atomic mass is 10.1. The first-order chi connectivity index (χ1) is 10.1. The SMILES string of the molecule is CCCCCCC(=O)N/N=C(\CC)c1ccc(Cl)cc1Cl. The van der Waals surface area contributed by atoms with E-state index < -0.39 is 0 Å². The van der Waals surface area contributed by atoms with Crippen LogP contribution < -0.4 is 5.43 Å². The molecular formula is C16H22Cl2N2O. The number of hydrogen-bond acceptors (Lipinski definition) is 2. The Labute approximate surface area is 136 Å². The molecule has 3 nitrogen and oxygen atoms in total. The minimum absolute atomic E-state index is 0.0536. The molecule has 0 bridgehead atoms. The van der Waals surface area contributed by atoms with Gasteiger partial charge in [-0.3, -0.25) is 4.79 Å². The number of nitrogens with zero attached hydrogens (tertiary/aromatic N) is 1. The molecule has 1 rings (SSSR count). The molecule has 0 aliphatic carbocycles. The van der Waals surface area contributed by atoms with Crippen LogP contribution in [0.2, 0.25) is 10.0 Å². The van der Waals surface area contributed by atoms with Gasteiger partial charge >= 0.3 is 0 Å². The summed E-state index contributed by atoms with van der Waals surface area (Å²) in [7, 11) is 0. The van der Waals surface area contributed by atoms with Crippen LogP contribution in [0.15, 0.2) is 23.3 Å². The maximum Gasteiger partial charge on any atom is 0.240 e. The van der Waals surface area contributed by atoms with E-state index in [2.05, 4.69) is 17.5 Å². The van der Waals surface area contributed by atoms with Gasteiger partial charge < -0.3 is 0 Å². The Balaban J connectivity index is 2.61. The van der Waals surface area contributed by atoms with Crippen LogP contribution in [0, 0.1) is 0 Å². The summed E-state index contributed by atoms with van der Waals surface area (Å²) in [6.45, 7) is 4.12. The van der Waals surface area contributed by atoms with E-state index in [0.29, 0.717) is 22.9 Å². The van der Waals surface area contributed by atoms with Crippen molar-refractivity contribution in [3.05, 3.63) is 33.8 Å². The van der Waals surface area contributed by atoms with Crippen molar-refractivity contribution in [2.75, 3.05) is 0 Å². The van der Waals surface area contributed by atoms with Crippen LogP contribution in [0.25, 0.3) is 0 Å². The van der Waals surface area contributed by atoms with Gasteiger partial charge in [0.2, 0.25) is 5.91 Å². The van der Waals surface area contributed by atoms with Crippen molar-refractivity contribution in [2.45, 2.75) is 52.4 Å². The number of halogens is 2. The second-order valence-corrected chi connectivity index (χ2v) is 5.73. The predicted octanol–water partition coefficient (Wildman–Crippen LogP) is 5.19. The molecule has 116 valence electrons. The number of benzene rings is 1. The van der Waals surface area contributed by atoms with Crippen LogP contribution in [0.4, 0.5) is 0 Å². The number of amides is 1. The largest absolute Gasteiger partial charge is 0.273 e. The third-order valence-electron chi connectivity index (χ3n) is 3.15. The van der Waals surface area contributed by atoms with Crippen LogP contribution in [0.3, 0.4) is 0 Å². The van der Waals surface area contributed by atoms with Crippen molar-refractivity contribution in [3.8, 4) is 0 Å². The van der Waals surface area contributed by atoms with Gasteiger partial charge in [-0.15, -0.1) is 0 Å². The number of hydrogen-bond donors (Lipinski definition) is 1. The highest BCUT2D eigenvalue weighted by Crippen LogP contribution is 2.22. The third kappa shape index (κ3) is 6.49. The fourth-order valence-corrected chi connectivity index (χ4v) is 2.47. The van der Waals surface area contributed by atoms with Gasteiger partial charge in [-0.1, -0.05) is 62.4 Å². The van der Waals surface area contributed by atoms with Gasteiger partial charge in [0.15, 0.2) is 0 Å². The minimum Gasteiger partial charge on any atom is -0.273 e. The molecule has 0 radical (unpaired) electrons. The highest BCUT2D eigenvalue weighted by atomic mass is 35.5. The van der Waals surface area contributed by atoms with Crippen LogP contribution in [-0.4, -0.2) is 11.6 Å². The van der Waals surface area contributed by atoms with Crippen molar-refractivity contribution < 1.29 is 4.79 Å². The highest BCUT2D eigenvalue weighted by Gasteiger charge is 2.08. The lowest BCUT2D eigenvalue weighted by Gasteiger charge is -2.07. The van der Waals surface area contributed by atoms with E-state index in [1.165, 1.54) is 0 Å². The van der Waals surface area contributed by atoms with E-state index in [4.69, 9.17) is 23.2 Å². The topological polar surface area (TPSA) is 41.5 Å². The van der Waals surface area contributed by atoms with E-state index in [0.717, 1.165) is 37.0 Å². The first-order valence-electron chi connectivity index (χ1n) is 7.39. The molecule has 1 N–H and O–H groups in total. The first-order valence-corrected chi connectivity index (χ1v) is 8.14. The summed E-state index contributed by atoms with van der Waals surface area (Å²) in [6.07, 6.45) is 5.49. The number of carbonyl (C=O) groups is 1. The first kappa shape index (κ1) is 18.0. The standard InChI is InChI=1S/C16H22Cl2N2O/c1-3-5-6-7-8-16(21)20-19-15(4-2)13-10-9-12(17)11-14(13)18/h9-11H,3-8H2,1-2H3,(H,20,21)/b19-15+. The number of rotatable bonds is 8. The second-order valence-electron chi connectivity index (χ2n) is 4.88. The van der Waals surface area contributed by atoms with Crippen molar-refractivity contribution in [2.24, 2.45) is 5.10 Å². The molecule has 1 aromatic rings. The van der Waals surface area contributed by atoms with Crippen LogP contribution in [-0.2, 0) is 4.79 Å². The molecule has 5 heteroatoms. The molecule has 0 aromatic heterocycles. The molecule has 0 atom stereocenters. The Kier molecular flexibility index (Phi) is 8.40. The maximum atomic E-state index is 11.7. The zero-order valence-electron chi connectivity index (χ0n) is 12.6. The quantitative estimate of drug-likeness (QED) is 0.398. The number of hydrazone groups is 1. The van der Waals surface area contributed by atoms with E-state index in [9.17, 15) is 4.79 Å². The van der Waals surface area contributed by atoms with Gasteiger partial charge in [0.1, 0.15) is 0 Å². The molecule has 0 unspecified atom stereocenters. The summed E-state index contributed by atoms with van der Waals surface area (Å²) in [4.78, 5) is 11.7. The number of unbranched alkanes of at least 4 members (excludes halogenated alkanes) is 3. The summed E-state index contributed by atoms with van der Waals surface area (Å²) < 4.78 is 0. The van der Waals surface area contributed by atoms with Crippen molar-refractivity contribution in [1.29, 1.82) is 0 Å². The number of nitrogens with one attached hydrogen (secondary N) is 1. The van der Waals surface area contributed by atoms with Crippen LogP contribution in [0.1, 0.15) is 57.9 Å². The van der Waals surface area contributed by atoms with Crippen LogP contribution in [0.5, 0.6) is 0 Å². The molecule has 0 spiro atoms. The van der Waals surface area contributed by atoms with Gasteiger partial charge in [0.05, 0.1) is 10.7 Å². The summed E-state index contributed by atoms with van der Waals surface area (Å²) >= 11 is 12.0. The van der Waals surface area contributed by atoms with Crippen molar-refractivity contribution >= 4 is 34.8 Å². The molecule has 0 fully saturated rings. The molecule has 0 saturated carbocycles. The van der Waals surface area contributed by atoms with Gasteiger partial charge in [-0.2, -0.15) is 5.10 Å². The normalized spacial score (nSPS) is 11.5. The van der Waals surface area contributed by atoms with Gasteiger partial charge in [-0.05, 0) is 25.0 Å². The van der Waals surface area contributed by atoms with Gasteiger partial charge in [0, 0.05) is 17.0 Å². The smallest absolute Gasteiger partial charge is 0.240 e. The zero-order valence-corrected chi connectivity index (χ0v) is 14.1. The van der Waals surface area contributed by atoms with Crippen molar-refractivity contribution in [3.63, 3.8) is 0 Å². The minimum atomic E-state index is -0.0536. The zero-order chi connectivity index (χ0) is 15.7. The Morgan fingerprint density at radius 3 is 2.57 bits per heavy atom. The summed E-state index contributed by atoms with van der Waals surface area (Å²) in [5.74, 6) is -0.0536. The predicted molar refractivity (Wildman–Crippen MR) is 90.2 cm³/mol. The second kappa shape index (κ2) is 9.80. The highest BCUT2D eigenvalue weighted by molar-refractivity contribution is 6.37. The van der Waals surface area contributed by atoms with Gasteiger partial charge in [0.25, 0.3) is 0 Å². The van der Waals surface area contributed by atoms with E-state index in [-0.39, 0.29) is 5.91 Å². The summed E-state index contributed by atoms with van der Waals surface area (Å²) in [5.41, 5.74) is 4.16. The average Bonchev–Trinajstić information content (AvgIpc) is 2.46. The summed E-state index contributed by atoms with van der Waals surface area (Å²) in [6, 6.07) is 5.26. The Hall–Kier alpha value is -1.06. The van der Waals surface area contributed by atoms with E-state index in [1.54, 1.807) is 12.1 Å². The lowest BCUT2D eigenvalue weighted by Crippen LogP contribution is -2.19. The molecule has 1 aromatic carbocycles. The van der Waals surface area contributed by atoms with Crippen molar-refractivity contribution in [1.82, 2.24) is 5.43 Å². The van der Waals surface area contributed by atoms with Crippen LogP contribution >= 0.6 is 23.2 Å². The fraction of sp³-hybridized carbons (Fsp3) is 0.500. The average molecular weight is 329 g/mol. The number of carbonyl (C=O) groups excluding carboxylic acids is 1. The fourth-order valence-electron chi connectivity index (χ4n) is 1.95. The van der Waals surface area contributed by atoms with Gasteiger partial charge in [-0.25, -0.2) is 5.43 Å². The Bertz CT molecular complexity index is 501. The van der Waals surface area contributed by atoms with E-state index in [1.807, 2.05) is 13.0 Å². The molecular weight excluding hydrogens is 307 g/mol. The maximum absolute atomic E-state index is 11.7. The monoisotopic (exact) mass is 328 g/mol. The molecule has 0 aliphatic rings. The molecule has 0 saturated heterocycles. The Morgan fingerprint density at radius 2 is 1.95 bits per heavy atom. The lowest BCUT2D eigenvalue weighted by molar-refractivity contribution is -0.121. The Morgan fingerprint density at radius 1 is 1.19 bits per heavy atom. The molecule has 0 heterocycles. The summed E-state index contributed by atoms with van der Waals surface area (Å²) in [5, 5.41) is 5.32. The molecule has 21 heavy (non-hydrogen) atoms. The molecule has 1 amide bonds.